The van der Waals surface area contributed by atoms with Gasteiger partial charge in [-0.15, -0.1) is 22.7 Å². The highest BCUT2D eigenvalue weighted by atomic mass is 32.1. The van der Waals surface area contributed by atoms with E-state index in [-0.39, 0.29) is 22.3 Å². The van der Waals surface area contributed by atoms with Gasteiger partial charge in [-0.05, 0) is 97.9 Å². The summed E-state index contributed by atoms with van der Waals surface area (Å²) >= 11 is 2.94. The number of aryl methyl sites for hydroxylation is 2. The lowest BCUT2D eigenvalue weighted by Gasteiger charge is -2.03. The Hall–Kier alpha value is -3.32. The Morgan fingerprint density at radius 1 is 0.500 bits per heavy atom. The fourth-order valence-corrected chi connectivity index (χ4v) is 6.77. The maximum Gasteiger partial charge on any atom is 0.175 e. The Balaban J connectivity index is 1.43. The number of halogens is 4. The van der Waals surface area contributed by atoms with Crippen molar-refractivity contribution in [3.05, 3.63) is 92.7 Å². The average molecular weight is 607 g/mol. The molecule has 0 bridgehead atoms. The van der Waals surface area contributed by atoms with Gasteiger partial charge in [-0.3, -0.25) is 0 Å². The Morgan fingerprint density at radius 2 is 0.929 bits per heavy atom. The van der Waals surface area contributed by atoms with E-state index in [1.807, 2.05) is 24.3 Å². The summed E-state index contributed by atoms with van der Waals surface area (Å²) in [6, 6.07) is 13.4. The van der Waals surface area contributed by atoms with E-state index in [2.05, 4.69) is 37.5 Å². The zero-order chi connectivity index (χ0) is 29.9. The second kappa shape index (κ2) is 15.8. The van der Waals surface area contributed by atoms with Crippen LogP contribution in [0.15, 0.2) is 48.5 Å². The van der Waals surface area contributed by atoms with Crippen LogP contribution >= 0.6 is 22.7 Å². The SMILES string of the molecule is CCCCCCc1ccc(-c2ccc(C#CC#Cc3ccc(-c4ccc(CCCCCC)s4)c(F)c3F)c(F)c2F)s1. The van der Waals surface area contributed by atoms with Crippen molar-refractivity contribution in [3.63, 3.8) is 0 Å². The van der Waals surface area contributed by atoms with Gasteiger partial charge in [0.25, 0.3) is 0 Å². The van der Waals surface area contributed by atoms with Gasteiger partial charge in [0, 0.05) is 30.6 Å². The Morgan fingerprint density at radius 3 is 1.33 bits per heavy atom. The molecule has 2 aromatic heterocycles. The van der Waals surface area contributed by atoms with Gasteiger partial charge < -0.3 is 0 Å². The molecule has 4 aromatic rings. The van der Waals surface area contributed by atoms with E-state index in [1.54, 1.807) is 0 Å². The fourth-order valence-electron chi connectivity index (χ4n) is 4.64. The number of hydrogen-bond acceptors (Lipinski definition) is 2. The van der Waals surface area contributed by atoms with Crippen LogP contribution in [-0.4, -0.2) is 0 Å². The molecule has 0 aliphatic heterocycles. The molecule has 0 N–H and O–H groups in total. The van der Waals surface area contributed by atoms with Crippen LogP contribution < -0.4 is 0 Å². The lowest BCUT2D eigenvalue weighted by atomic mass is 10.1. The molecule has 0 aliphatic rings. The van der Waals surface area contributed by atoms with E-state index in [0.29, 0.717) is 9.75 Å². The van der Waals surface area contributed by atoms with E-state index >= 15 is 0 Å². The summed E-state index contributed by atoms with van der Waals surface area (Å²) in [4.78, 5) is 3.63. The maximum atomic E-state index is 14.9. The summed E-state index contributed by atoms with van der Waals surface area (Å²) in [5.41, 5.74) is 0.0982. The number of thiophene rings is 2. The van der Waals surface area contributed by atoms with E-state index in [9.17, 15) is 17.6 Å². The molecule has 0 atom stereocenters. The summed E-state index contributed by atoms with van der Waals surface area (Å²) in [5.74, 6) is 5.84. The molecule has 0 spiro atoms. The van der Waals surface area contributed by atoms with Crippen LogP contribution in [0.3, 0.4) is 0 Å². The molecular formula is C36H34F4S2. The number of unbranched alkanes of at least 4 members (excludes halogenated alkanes) is 6. The zero-order valence-corrected chi connectivity index (χ0v) is 25.7. The summed E-state index contributed by atoms with van der Waals surface area (Å²) in [7, 11) is 0. The van der Waals surface area contributed by atoms with Crippen LogP contribution in [0.2, 0.25) is 0 Å². The highest BCUT2D eigenvalue weighted by Gasteiger charge is 2.17. The minimum atomic E-state index is -1.05. The van der Waals surface area contributed by atoms with Gasteiger partial charge in [0.1, 0.15) is 0 Å². The third kappa shape index (κ3) is 8.15. The second-order valence-corrected chi connectivity index (χ2v) is 12.6. The normalized spacial score (nSPS) is 10.7. The van der Waals surface area contributed by atoms with Crippen molar-refractivity contribution in [1.82, 2.24) is 0 Å². The van der Waals surface area contributed by atoms with Crippen molar-refractivity contribution >= 4 is 22.7 Å². The van der Waals surface area contributed by atoms with Crippen LogP contribution in [0.25, 0.3) is 20.9 Å². The van der Waals surface area contributed by atoms with Crippen LogP contribution in [0.5, 0.6) is 0 Å². The molecule has 6 heteroatoms. The smallest absolute Gasteiger partial charge is 0.175 e. The number of rotatable bonds is 12. The van der Waals surface area contributed by atoms with E-state index in [4.69, 9.17) is 0 Å². The summed E-state index contributed by atoms with van der Waals surface area (Å²) in [6.45, 7) is 4.33. The standard InChI is InChI=1S/C36H34F4S2/c1-3-5-7-9-15-27-19-23-31(41-27)29-21-17-25(33(37)35(29)39)13-11-12-14-26-18-22-30(36(40)34(26)38)32-24-20-28(42-32)16-10-8-6-4-2/h17-24H,3-10,15-16H2,1-2H3. The van der Waals surface area contributed by atoms with Crippen LogP contribution in [0, 0.1) is 47.0 Å². The number of benzene rings is 2. The van der Waals surface area contributed by atoms with Gasteiger partial charge in [-0.25, -0.2) is 17.6 Å². The minimum absolute atomic E-state index is 0.146. The predicted octanol–water partition coefficient (Wildman–Crippen LogP) is 11.3. The van der Waals surface area contributed by atoms with Crippen molar-refractivity contribution in [2.45, 2.75) is 78.1 Å². The maximum absolute atomic E-state index is 14.9. The van der Waals surface area contributed by atoms with Gasteiger partial charge in [-0.2, -0.15) is 0 Å². The molecule has 0 fully saturated rings. The van der Waals surface area contributed by atoms with Crippen molar-refractivity contribution < 1.29 is 17.6 Å². The monoisotopic (exact) mass is 606 g/mol. The molecule has 2 aromatic carbocycles. The fraction of sp³-hybridized carbons (Fsp3) is 0.333. The molecule has 0 radical (unpaired) electrons. The Labute approximate surface area is 254 Å². The van der Waals surface area contributed by atoms with Crippen molar-refractivity contribution in [2.24, 2.45) is 0 Å². The first-order chi connectivity index (χ1) is 20.4. The molecule has 0 saturated carbocycles. The molecular weight excluding hydrogens is 573 g/mol. The third-order valence-corrected chi connectivity index (χ3v) is 9.39. The molecule has 42 heavy (non-hydrogen) atoms. The summed E-state index contributed by atoms with van der Waals surface area (Å²) in [6.07, 6.45) is 11.1. The van der Waals surface area contributed by atoms with Crippen molar-refractivity contribution in [1.29, 1.82) is 0 Å². The van der Waals surface area contributed by atoms with Crippen molar-refractivity contribution in [3.8, 4) is 44.6 Å². The molecule has 2 heterocycles. The lowest BCUT2D eigenvalue weighted by molar-refractivity contribution is 0.509. The van der Waals surface area contributed by atoms with E-state index < -0.39 is 23.3 Å². The Kier molecular flexibility index (Phi) is 11.9. The first kappa shape index (κ1) is 31.6. The third-order valence-electron chi connectivity index (χ3n) is 7.03. The van der Waals surface area contributed by atoms with E-state index in [0.717, 1.165) is 48.3 Å². The van der Waals surface area contributed by atoms with Crippen LogP contribution in [0.4, 0.5) is 17.6 Å². The topological polar surface area (TPSA) is 0 Å². The molecule has 0 nitrogen and oxygen atoms in total. The molecule has 218 valence electrons. The van der Waals surface area contributed by atoms with Gasteiger partial charge in [0.05, 0.1) is 11.1 Å². The highest BCUT2D eigenvalue weighted by Crippen LogP contribution is 2.34. The van der Waals surface area contributed by atoms with Crippen molar-refractivity contribution in [2.75, 3.05) is 0 Å². The largest absolute Gasteiger partial charge is 0.203 e. The molecule has 0 unspecified atom stereocenters. The predicted molar refractivity (Wildman–Crippen MR) is 169 cm³/mol. The lowest BCUT2D eigenvalue weighted by Crippen LogP contribution is -1.93. The Bertz CT molecular complexity index is 1500. The quantitative estimate of drug-likeness (QED) is 0.0855. The van der Waals surface area contributed by atoms with Crippen LogP contribution in [-0.2, 0) is 12.8 Å². The summed E-state index contributed by atoms with van der Waals surface area (Å²) in [5, 5.41) is 0. The van der Waals surface area contributed by atoms with Crippen LogP contribution in [0.1, 0.15) is 86.1 Å². The highest BCUT2D eigenvalue weighted by molar-refractivity contribution is 7.15. The molecule has 0 aliphatic carbocycles. The molecule has 0 saturated heterocycles. The van der Waals surface area contributed by atoms with Gasteiger partial charge in [0.2, 0.25) is 0 Å². The second-order valence-electron chi connectivity index (χ2n) is 10.2. The number of hydrogen-bond donors (Lipinski definition) is 0. The van der Waals surface area contributed by atoms with Gasteiger partial charge in [-0.1, -0.05) is 52.4 Å². The average Bonchev–Trinajstić information content (AvgIpc) is 3.66. The van der Waals surface area contributed by atoms with Gasteiger partial charge in [0.15, 0.2) is 23.3 Å². The molecule has 0 amide bonds. The summed E-state index contributed by atoms with van der Waals surface area (Å²) < 4.78 is 59.4. The first-order valence-corrected chi connectivity index (χ1v) is 16.2. The zero-order valence-electron chi connectivity index (χ0n) is 24.0. The van der Waals surface area contributed by atoms with Gasteiger partial charge >= 0.3 is 0 Å². The molecule has 4 rings (SSSR count). The minimum Gasteiger partial charge on any atom is -0.203 e. The first-order valence-electron chi connectivity index (χ1n) is 14.6. The van der Waals surface area contributed by atoms with E-state index in [1.165, 1.54) is 72.6 Å².